The van der Waals surface area contributed by atoms with Gasteiger partial charge in [-0.1, -0.05) is 23.9 Å². The van der Waals surface area contributed by atoms with Crippen LogP contribution in [0.5, 0.6) is 0 Å². The highest BCUT2D eigenvalue weighted by Gasteiger charge is 2.27. The maximum atomic E-state index is 11.8. The first kappa shape index (κ1) is 15.8. The van der Waals surface area contributed by atoms with E-state index in [2.05, 4.69) is 10.3 Å². The van der Waals surface area contributed by atoms with Gasteiger partial charge in [-0.05, 0) is 26.0 Å². The van der Waals surface area contributed by atoms with E-state index >= 15 is 0 Å². The van der Waals surface area contributed by atoms with E-state index < -0.39 is 11.4 Å². The first-order valence-corrected chi connectivity index (χ1v) is 8.17. The summed E-state index contributed by atoms with van der Waals surface area (Å²) in [7, 11) is 0. The number of nitrogens with zero attached hydrogens (tertiary/aromatic N) is 1. The largest absolute Gasteiger partial charge is 0.481 e. The Morgan fingerprint density at radius 2 is 2.10 bits per heavy atom. The number of carbonyl (C=O) groups excluding carboxylic acids is 1. The number of carboxylic acids is 1. The highest BCUT2D eigenvalue weighted by atomic mass is 32.2. The minimum atomic E-state index is -0.962. The fourth-order valence-corrected chi connectivity index (χ4v) is 3.38. The Balaban J connectivity index is 1.85. The molecule has 2 rings (SSSR count). The van der Waals surface area contributed by atoms with Crippen molar-refractivity contribution < 1.29 is 14.7 Å². The predicted molar refractivity (Wildman–Crippen MR) is 84.8 cm³/mol. The van der Waals surface area contributed by atoms with Crippen LogP contribution in [0.1, 0.15) is 13.8 Å². The lowest BCUT2D eigenvalue weighted by molar-refractivity contribution is -0.146. The number of carboxylic acid groups (broad SMARTS) is 1. The van der Waals surface area contributed by atoms with Gasteiger partial charge in [-0.2, -0.15) is 0 Å². The van der Waals surface area contributed by atoms with Gasteiger partial charge in [0, 0.05) is 6.54 Å². The number of aromatic nitrogens is 1. The van der Waals surface area contributed by atoms with Crippen LogP contribution in [0, 0.1) is 5.41 Å². The number of nitrogens with one attached hydrogen (secondary N) is 1. The molecule has 5 nitrogen and oxygen atoms in total. The number of carbonyl (C=O) groups is 2. The van der Waals surface area contributed by atoms with Crippen molar-refractivity contribution in [2.24, 2.45) is 5.41 Å². The zero-order valence-corrected chi connectivity index (χ0v) is 13.4. The van der Waals surface area contributed by atoms with Gasteiger partial charge in [0.15, 0.2) is 4.34 Å². The fourth-order valence-electron chi connectivity index (χ4n) is 1.49. The van der Waals surface area contributed by atoms with Gasteiger partial charge in [-0.15, -0.1) is 11.3 Å². The molecule has 0 spiro atoms. The van der Waals surface area contributed by atoms with Crippen LogP contribution in [0.4, 0.5) is 0 Å². The molecular weight excluding hydrogens is 308 g/mol. The molecule has 0 saturated carbocycles. The molecule has 0 bridgehead atoms. The molecule has 0 atom stereocenters. The van der Waals surface area contributed by atoms with Crippen LogP contribution in [0.25, 0.3) is 10.2 Å². The second-order valence-electron chi connectivity index (χ2n) is 5.20. The van der Waals surface area contributed by atoms with E-state index in [9.17, 15) is 9.59 Å². The number of hydrogen-bond donors (Lipinski definition) is 2. The number of benzene rings is 1. The van der Waals surface area contributed by atoms with Crippen LogP contribution in [0.2, 0.25) is 0 Å². The lowest BCUT2D eigenvalue weighted by Crippen LogP contribution is -2.39. The Morgan fingerprint density at radius 1 is 1.38 bits per heavy atom. The molecule has 0 radical (unpaired) electrons. The summed E-state index contributed by atoms with van der Waals surface area (Å²) >= 11 is 2.91. The van der Waals surface area contributed by atoms with E-state index in [0.717, 1.165) is 14.6 Å². The summed E-state index contributed by atoms with van der Waals surface area (Å²) in [4.78, 5) is 27.1. The van der Waals surface area contributed by atoms with Crippen molar-refractivity contribution in [3.8, 4) is 0 Å². The third-order valence-corrected chi connectivity index (χ3v) is 5.09. The highest BCUT2D eigenvalue weighted by Crippen LogP contribution is 2.29. The Morgan fingerprint density at radius 3 is 2.76 bits per heavy atom. The Kier molecular flexibility index (Phi) is 4.84. The lowest BCUT2D eigenvalue weighted by atomic mass is 9.94. The average molecular weight is 324 g/mol. The van der Waals surface area contributed by atoms with Crippen molar-refractivity contribution in [2.75, 3.05) is 12.3 Å². The third-order valence-electron chi connectivity index (χ3n) is 2.91. The molecule has 7 heteroatoms. The summed E-state index contributed by atoms with van der Waals surface area (Å²) in [5.74, 6) is -0.884. The summed E-state index contributed by atoms with van der Waals surface area (Å²) in [5, 5.41) is 11.6. The molecule has 0 unspecified atom stereocenters. The summed E-state index contributed by atoms with van der Waals surface area (Å²) in [6, 6.07) is 7.81. The van der Waals surface area contributed by atoms with Crippen molar-refractivity contribution >= 4 is 45.2 Å². The maximum Gasteiger partial charge on any atom is 0.310 e. The number of rotatable bonds is 6. The summed E-state index contributed by atoms with van der Waals surface area (Å²) in [6.07, 6.45) is 0. The molecule has 0 aliphatic carbocycles. The van der Waals surface area contributed by atoms with E-state index in [4.69, 9.17) is 5.11 Å². The molecule has 0 fully saturated rings. The maximum absolute atomic E-state index is 11.8. The van der Waals surface area contributed by atoms with Crippen molar-refractivity contribution in [2.45, 2.75) is 18.2 Å². The third kappa shape index (κ3) is 4.18. The molecule has 0 saturated heterocycles. The van der Waals surface area contributed by atoms with E-state index in [1.54, 1.807) is 25.2 Å². The Labute approximate surface area is 130 Å². The lowest BCUT2D eigenvalue weighted by Gasteiger charge is -2.19. The smallest absolute Gasteiger partial charge is 0.310 e. The zero-order valence-electron chi connectivity index (χ0n) is 11.8. The van der Waals surface area contributed by atoms with Crippen molar-refractivity contribution in [3.63, 3.8) is 0 Å². The second-order valence-corrected chi connectivity index (χ2v) is 7.46. The quantitative estimate of drug-likeness (QED) is 0.799. The molecule has 2 aromatic rings. The fraction of sp³-hybridized carbons (Fsp3) is 0.357. The van der Waals surface area contributed by atoms with Gasteiger partial charge in [-0.3, -0.25) is 9.59 Å². The van der Waals surface area contributed by atoms with Crippen molar-refractivity contribution in [3.05, 3.63) is 24.3 Å². The number of amides is 1. The van der Waals surface area contributed by atoms with E-state index in [1.807, 2.05) is 24.3 Å². The molecule has 0 aliphatic rings. The summed E-state index contributed by atoms with van der Waals surface area (Å²) in [6.45, 7) is 3.27. The van der Waals surface area contributed by atoms with Gasteiger partial charge in [0.25, 0.3) is 0 Å². The van der Waals surface area contributed by atoms with Gasteiger partial charge >= 0.3 is 5.97 Å². The Bertz CT molecular complexity index is 634. The molecule has 2 N–H and O–H groups in total. The standard InChI is InChI=1S/C14H16N2O3S2/c1-14(2,12(18)19)8-15-11(17)7-20-13-16-9-5-3-4-6-10(9)21-13/h3-6H,7-8H2,1-2H3,(H,15,17)(H,18,19). The summed E-state index contributed by atoms with van der Waals surface area (Å²) < 4.78 is 1.93. The summed E-state index contributed by atoms with van der Waals surface area (Å²) in [5.41, 5.74) is -0.0339. The zero-order chi connectivity index (χ0) is 15.5. The molecule has 21 heavy (non-hydrogen) atoms. The minimum Gasteiger partial charge on any atom is -0.481 e. The average Bonchev–Trinajstić information content (AvgIpc) is 2.85. The van der Waals surface area contributed by atoms with E-state index in [1.165, 1.54) is 11.8 Å². The number of aliphatic carboxylic acids is 1. The van der Waals surface area contributed by atoms with Crippen molar-refractivity contribution in [1.29, 1.82) is 0 Å². The van der Waals surface area contributed by atoms with Crippen LogP contribution in [-0.2, 0) is 9.59 Å². The van der Waals surface area contributed by atoms with Crippen molar-refractivity contribution in [1.82, 2.24) is 10.3 Å². The number of thioether (sulfide) groups is 1. The second kappa shape index (κ2) is 6.44. The van der Waals surface area contributed by atoms with E-state index in [-0.39, 0.29) is 18.2 Å². The van der Waals surface area contributed by atoms with Crippen LogP contribution in [-0.4, -0.2) is 34.3 Å². The molecule has 1 heterocycles. The minimum absolute atomic E-state index is 0.113. The predicted octanol–water partition coefficient (Wildman–Crippen LogP) is 2.62. The van der Waals surface area contributed by atoms with Gasteiger partial charge in [0.1, 0.15) is 0 Å². The number of thiazole rings is 1. The molecule has 1 aromatic carbocycles. The van der Waals surface area contributed by atoms with Crippen LogP contribution in [0.15, 0.2) is 28.6 Å². The van der Waals surface area contributed by atoms with Crippen LogP contribution in [0.3, 0.4) is 0 Å². The molecule has 1 amide bonds. The van der Waals surface area contributed by atoms with Gasteiger partial charge in [0.05, 0.1) is 21.4 Å². The monoisotopic (exact) mass is 324 g/mol. The van der Waals surface area contributed by atoms with Crippen LogP contribution < -0.4 is 5.32 Å². The Hall–Kier alpha value is -1.60. The number of fused-ring (bicyclic) bond motifs is 1. The SMILES string of the molecule is CC(C)(CNC(=O)CSc1nc2ccccc2s1)C(=O)O. The molecule has 112 valence electrons. The molecule has 1 aromatic heterocycles. The highest BCUT2D eigenvalue weighted by molar-refractivity contribution is 8.01. The molecule has 0 aliphatic heterocycles. The van der Waals surface area contributed by atoms with Crippen LogP contribution >= 0.6 is 23.1 Å². The van der Waals surface area contributed by atoms with Gasteiger partial charge in [-0.25, -0.2) is 4.98 Å². The first-order valence-electron chi connectivity index (χ1n) is 6.37. The first-order chi connectivity index (χ1) is 9.88. The molecular formula is C14H16N2O3S2. The van der Waals surface area contributed by atoms with Gasteiger partial charge < -0.3 is 10.4 Å². The van der Waals surface area contributed by atoms with E-state index in [0.29, 0.717) is 0 Å². The number of para-hydroxylation sites is 1. The number of hydrogen-bond acceptors (Lipinski definition) is 5. The topological polar surface area (TPSA) is 79.3 Å². The van der Waals surface area contributed by atoms with Gasteiger partial charge in [0.2, 0.25) is 5.91 Å². The normalized spacial score (nSPS) is 11.5.